The van der Waals surface area contributed by atoms with Gasteiger partial charge in [0.15, 0.2) is 0 Å². The molecule has 1 saturated heterocycles. The number of carbonyl (C=O) groups is 1. The number of piperazine rings is 1. The summed E-state index contributed by atoms with van der Waals surface area (Å²) in [4.78, 5) is 16.7. The first-order chi connectivity index (χ1) is 10.4. The number of hydrogen-bond donors (Lipinski definition) is 1. The van der Waals surface area contributed by atoms with Crippen LogP contribution in [0.1, 0.15) is 31.4 Å². The third kappa shape index (κ3) is 3.61. The zero-order chi connectivity index (χ0) is 16.3. The quantitative estimate of drug-likeness (QED) is 0.929. The normalized spacial score (nSPS) is 18.2. The maximum Gasteiger partial charge on any atom is 0.239 e. The van der Waals surface area contributed by atoms with Crippen molar-refractivity contribution in [2.75, 3.05) is 31.1 Å². The zero-order valence-corrected chi connectivity index (χ0v) is 14.3. The molecule has 2 N–H and O–H groups in total. The first-order valence-electron chi connectivity index (χ1n) is 8.30. The van der Waals surface area contributed by atoms with Crippen LogP contribution in [0.3, 0.4) is 0 Å². The molecule has 2 rings (SSSR count). The van der Waals surface area contributed by atoms with Crippen LogP contribution in [0.25, 0.3) is 0 Å². The average molecular weight is 303 g/mol. The summed E-state index contributed by atoms with van der Waals surface area (Å²) in [5.74, 6) is 0.347. The summed E-state index contributed by atoms with van der Waals surface area (Å²) in [6.45, 7) is 11.7. The van der Waals surface area contributed by atoms with Crippen molar-refractivity contribution in [3.8, 4) is 0 Å². The van der Waals surface area contributed by atoms with Crippen molar-refractivity contribution in [3.05, 3.63) is 29.3 Å². The summed E-state index contributed by atoms with van der Waals surface area (Å²) in [6, 6.07) is 6.18. The van der Waals surface area contributed by atoms with Gasteiger partial charge in [0.05, 0.1) is 6.04 Å². The summed E-state index contributed by atoms with van der Waals surface area (Å²) >= 11 is 0. The molecule has 0 bridgehead atoms. The minimum atomic E-state index is -0.364. The fourth-order valence-electron chi connectivity index (χ4n) is 2.94. The lowest BCUT2D eigenvalue weighted by atomic mass is 9.98. The van der Waals surface area contributed by atoms with Gasteiger partial charge in [-0.3, -0.25) is 4.79 Å². The molecule has 0 spiro atoms. The first kappa shape index (κ1) is 16.8. The van der Waals surface area contributed by atoms with Crippen molar-refractivity contribution < 1.29 is 4.79 Å². The highest BCUT2D eigenvalue weighted by molar-refractivity contribution is 5.82. The largest absolute Gasteiger partial charge is 0.368 e. The van der Waals surface area contributed by atoms with E-state index in [1.54, 1.807) is 0 Å². The Balaban J connectivity index is 1.98. The van der Waals surface area contributed by atoms with Crippen LogP contribution in [0.2, 0.25) is 0 Å². The second-order valence-corrected chi connectivity index (χ2v) is 6.51. The van der Waals surface area contributed by atoms with Crippen molar-refractivity contribution in [2.45, 2.75) is 40.2 Å². The number of amides is 1. The number of benzene rings is 1. The van der Waals surface area contributed by atoms with Gasteiger partial charge in [0.1, 0.15) is 0 Å². The molecule has 4 nitrogen and oxygen atoms in total. The molecule has 1 heterocycles. The maximum atomic E-state index is 12.4. The SMILES string of the molecule is CCC(C)C(N)C(=O)N1CCN(c2cc(C)ccc2C)CC1. The standard InChI is InChI=1S/C18H29N3O/c1-5-14(3)17(19)18(22)21-10-8-20(9-11-21)16-12-13(2)6-7-15(16)4/h6-7,12,14,17H,5,8-11,19H2,1-4H3. The fraction of sp³-hybridized carbons (Fsp3) is 0.611. The van der Waals surface area contributed by atoms with Crippen LogP contribution in [0.15, 0.2) is 18.2 Å². The van der Waals surface area contributed by atoms with Crippen LogP contribution >= 0.6 is 0 Å². The molecule has 1 aromatic rings. The number of aryl methyl sites for hydroxylation is 2. The molecule has 0 saturated carbocycles. The van der Waals surface area contributed by atoms with E-state index in [0.717, 1.165) is 32.6 Å². The Morgan fingerprint density at radius 3 is 2.45 bits per heavy atom. The van der Waals surface area contributed by atoms with Gasteiger partial charge in [-0.15, -0.1) is 0 Å². The molecular weight excluding hydrogens is 274 g/mol. The predicted molar refractivity (Wildman–Crippen MR) is 92.1 cm³/mol. The maximum absolute atomic E-state index is 12.4. The average Bonchev–Trinajstić information content (AvgIpc) is 2.55. The number of carbonyl (C=O) groups excluding carboxylic acids is 1. The Hall–Kier alpha value is -1.55. The van der Waals surface area contributed by atoms with Gasteiger partial charge in [-0.1, -0.05) is 32.4 Å². The number of nitrogens with two attached hydrogens (primary N) is 1. The van der Waals surface area contributed by atoms with Gasteiger partial charge >= 0.3 is 0 Å². The summed E-state index contributed by atoms with van der Waals surface area (Å²) in [7, 11) is 0. The highest BCUT2D eigenvalue weighted by atomic mass is 16.2. The van der Waals surface area contributed by atoms with Crippen LogP contribution in [-0.4, -0.2) is 43.0 Å². The van der Waals surface area contributed by atoms with E-state index in [9.17, 15) is 4.79 Å². The van der Waals surface area contributed by atoms with E-state index in [2.05, 4.69) is 50.8 Å². The smallest absolute Gasteiger partial charge is 0.239 e. The van der Waals surface area contributed by atoms with Crippen molar-refractivity contribution in [1.82, 2.24) is 4.90 Å². The molecule has 22 heavy (non-hydrogen) atoms. The van der Waals surface area contributed by atoms with Gasteiger partial charge < -0.3 is 15.5 Å². The summed E-state index contributed by atoms with van der Waals surface area (Å²) in [5.41, 5.74) is 9.95. The lowest BCUT2D eigenvalue weighted by Gasteiger charge is -2.38. The van der Waals surface area contributed by atoms with E-state index in [0.29, 0.717) is 0 Å². The van der Waals surface area contributed by atoms with Crippen molar-refractivity contribution in [2.24, 2.45) is 11.7 Å². The Bertz CT molecular complexity index is 521. The van der Waals surface area contributed by atoms with Crippen LogP contribution in [0.5, 0.6) is 0 Å². The number of nitrogens with zero attached hydrogens (tertiary/aromatic N) is 2. The number of anilines is 1. The van der Waals surface area contributed by atoms with E-state index in [1.165, 1.54) is 16.8 Å². The van der Waals surface area contributed by atoms with Crippen LogP contribution in [0, 0.1) is 19.8 Å². The Morgan fingerprint density at radius 2 is 1.86 bits per heavy atom. The molecule has 122 valence electrons. The minimum absolute atomic E-state index is 0.106. The topological polar surface area (TPSA) is 49.6 Å². The molecule has 1 aliphatic heterocycles. The van der Waals surface area contributed by atoms with E-state index in [4.69, 9.17) is 5.73 Å². The summed E-state index contributed by atoms with van der Waals surface area (Å²) < 4.78 is 0. The van der Waals surface area contributed by atoms with Crippen molar-refractivity contribution >= 4 is 11.6 Å². The molecule has 1 fully saturated rings. The van der Waals surface area contributed by atoms with Gasteiger partial charge in [0.2, 0.25) is 5.91 Å². The molecule has 0 radical (unpaired) electrons. The highest BCUT2D eigenvalue weighted by Gasteiger charge is 2.28. The van der Waals surface area contributed by atoms with E-state index in [1.807, 2.05) is 4.90 Å². The Kier molecular flexibility index (Phi) is 5.46. The lowest BCUT2D eigenvalue weighted by molar-refractivity contribution is -0.134. The molecular formula is C18H29N3O. The third-order valence-electron chi connectivity index (χ3n) is 4.84. The van der Waals surface area contributed by atoms with Crippen LogP contribution in [-0.2, 0) is 4.79 Å². The van der Waals surface area contributed by atoms with E-state index >= 15 is 0 Å². The number of hydrogen-bond acceptors (Lipinski definition) is 3. The van der Waals surface area contributed by atoms with E-state index < -0.39 is 0 Å². The van der Waals surface area contributed by atoms with Crippen molar-refractivity contribution in [1.29, 1.82) is 0 Å². The van der Waals surface area contributed by atoms with Gasteiger partial charge in [0.25, 0.3) is 0 Å². The predicted octanol–water partition coefficient (Wildman–Crippen LogP) is 2.33. The van der Waals surface area contributed by atoms with Crippen molar-refractivity contribution in [3.63, 3.8) is 0 Å². The monoisotopic (exact) mass is 303 g/mol. The zero-order valence-electron chi connectivity index (χ0n) is 14.3. The second kappa shape index (κ2) is 7.14. The molecule has 1 aromatic carbocycles. The van der Waals surface area contributed by atoms with Gasteiger partial charge in [-0.2, -0.15) is 0 Å². The Morgan fingerprint density at radius 1 is 1.23 bits per heavy atom. The van der Waals surface area contributed by atoms with Crippen LogP contribution < -0.4 is 10.6 Å². The van der Waals surface area contributed by atoms with Gasteiger partial charge in [-0.25, -0.2) is 0 Å². The highest BCUT2D eigenvalue weighted by Crippen LogP contribution is 2.23. The molecule has 2 unspecified atom stereocenters. The molecule has 0 aromatic heterocycles. The Labute approximate surface area is 134 Å². The third-order valence-corrected chi connectivity index (χ3v) is 4.84. The minimum Gasteiger partial charge on any atom is -0.368 e. The molecule has 2 atom stereocenters. The molecule has 1 amide bonds. The lowest BCUT2D eigenvalue weighted by Crippen LogP contribution is -2.54. The number of rotatable bonds is 4. The van der Waals surface area contributed by atoms with Gasteiger partial charge in [-0.05, 0) is 37.0 Å². The second-order valence-electron chi connectivity index (χ2n) is 6.51. The first-order valence-corrected chi connectivity index (χ1v) is 8.30. The van der Waals surface area contributed by atoms with E-state index in [-0.39, 0.29) is 17.9 Å². The molecule has 4 heteroatoms. The summed E-state index contributed by atoms with van der Waals surface area (Å²) in [5, 5.41) is 0. The van der Waals surface area contributed by atoms with Crippen LogP contribution in [0.4, 0.5) is 5.69 Å². The summed E-state index contributed by atoms with van der Waals surface area (Å²) in [6.07, 6.45) is 0.940. The molecule has 1 aliphatic rings. The molecule has 0 aliphatic carbocycles. The van der Waals surface area contributed by atoms with Gasteiger partial charge in [0, 0.05) is 31.9 Å². The fourth-order valence-corrected chi connectivity index (χ4v) is 2.94.